The van der Waals surface area contributed by atoms with E-state index in [0.29, 0.717) is 5.75 Å². The number of aromatic nitrogens is 1. The van der Waals surface area contributed by atoms with E-state index in [4.69, 9.17) is 0 Å². The fourth-order valence-corrected chi connectivity index (χ4v) is 4.64. The molecule has 4 aromatic carbocycles. The molecule has 0 unspecified atom stereocenters. The molecule has 0 fully saturated rings. The second kappa shape index (κ2) is 7.57. The molecule has 0 spiro atoms. The summed E-state index contributed by atoms with van der Waals surface area (Å²) in [7, 11) is 0. The number of phenols is 1. The highest BCUT2D eigenvalue weighted by molar-refractivity contribution is 6.80. The molecule has 0 saturated carbocycles. The normalized spacial score (nSPS) is 12.6. The van der Waals surface area contributed by atoms with Crippen LogP contribution in [0.2, 0.25) is 0 Å². The fraction of sp³-hybridized carbons (Fsp3) is 0.0769. The maximum Gasteiger partial charge on any atom is 0.406 e. The molecular weight excluding hydrogens is 395 g/mol. The highest BCUT2D eigenvalue weighted by Crippen LogP contribution is 2.33. The molecular formula is C26H23BN4O. The summed E-state index contributed by atoms with van der Waals surface area (Å²) < 4.78 is 0. The maximum atomic E-state index is 9.80. The smallest absolute Gasteiger partial charge is 0.406 e. The first-order chi connectivity index (χ1) is 15.7. The van der Waals surface area contributed by atoms with Crippen LogP contribution in [0.15, 0.2) is 85.1 Å². The lowest BCUT2D eigenvalue weighted by Crippen LogP contribution is -2.47. The van der Waals surface area contributed by atoms with Gasteiger partial charge in [0.25, 0.3) is 0 Å². The molecule has 6 heteroatoms. The Hall–Kier alpha value is -4.06. The van der Waals surface area contributed by atoms with Gasteiger partial charge < -0.3 is 25.9 Å². The third-order valence-electron chi connectivity index (χ3n) is 6.20. The van der Waals surface area contributed by atoms with Crippen LogP contribution >= 0.6 is 0 Å². The Morgan fingerprint density at radius 3 is 2.44 bits per heavy atom. The van der Waals surface area contributed by atoms with Crippen LogP contribution in [-0.4, -0.2) is 23.6 Å². The SMILES string of the molecule is Oc1ccc2[nH]cc(CCNc3cccc(B4Nc5cccc6cccc(c56)N4)c3)c2c1. The Labute approximate surface area is 186 Å². The van der Waals surface area contributed by atoms with E-state index in [0.717, 1.165) is 40.9 Å². The zero-order valence-corrected chi connectivity index (χ0v) is 17.5. The van der Waals surface area contributed by atoms with Gasteiger partial charge in [0.2, 0.25) is 0 Å². The Kier molecular flexibility index (Phi) is 4.42. The van der Waals surface area contributed by atoms with Crippen LogP contribution in [0.25, 0.3) is 21.7 Å². The Balaban J connectivity index is 1.18. The van der Waals surface area contributed by atoms with E-state index < -0.39 is 0 Å². The van der Waals surface area contributed by atoms with Gasteiger partial charge in [-0.3, -0.25) is 0 Å². The lowest BCUT2D eigenvalue weighted by molar-refractivity contribution is 0.476. The Morgan fingerprint density at radius 2 is 1.62 bits per heavy atom. The molecule has 0 atom stereocenters. The van der Waals surface area contributed by atoms with Crippen LogP contribution in [0.5, 0.6) is 5.75 Å². The van der Waals surface area contributed by atoms with Crippen LogP contribution in [0.3, 0.4) is 0 Å². The lowest BCUT2D eigenvalue weighted by Gasteiger charge is -2.27. The number of hydrogen-bond donors (Lipinski definition) is 5. The second-order valence-electron chi connectivity index (χ2n) is 8.28. The molecule has 5 N–H and O–H groups in total. The third kappa shape index (κ3) is 3.30. The summed E-state index contributed by atoms with van der Waals surface area (Å²) in [5, 5.41) is 24.2. The standard InChI is InChI=1S/C26H23BN4O/c32-21-10-11-23-22(15-21)18(16-29-23)12-13-28-20-7-3-6-19(14-20)27-30-24-8-1-4-17-5-2-9-25(31-27)26(17)24/h1-11,14-16,28-32H,12-13H2. The van der Waals surface area contributed by atoms with Gasteiger partial charge in [-0.1, -0.05) is 36.4 Å². The summed E-state index contributed by atoms with van der Waals surface area (Å²) >= 11 is 0. The van der Waals surface area contributed by atoms with Crippen molar-refractivity contribution in [1.29, 1.82) is 0 Å². The first-order valence-electron chi connectivity index (χ1n) is 10.9. The molecule has 1 aliphatic rings. The number of anilines is 3. The number of phenolic OH excluding ortho intramolecular Hbond substituents is 1. The topological polar surface area (TPSA) is 72.1 Å². The van der Waals surface area contributed by atoms with E-state index in [2.05, 4.69) is 81.4 Å². The second-order valence-corrected chi connectivity index (χ2v) is 8.28. The summed E-state index contributed by atoms with van der Waals surface area (Å²) in [6.07, 6.45) is 2.89. The fourth-order valence-electron chi connectivity index (χ4n) is 4.64. The number of benzene rings is 4. The predicted octanol–water partition coefficient (Wildman–Crippen LogP) is 4.91. The van der Waals surface area contributed by atoms with Gasteiger partial charge >= 0.3 is 6.98 Å². The number of nitrogens with one attached hydrogen (secondary N) is 4. The number of aromatic hydroxyl groups is 1. The van der Waals surface area contributed by atoms with Crippen LogP contribution in [0.1, 0.15) is 5.56 Å². The average molecular weight is 418 g/mol. The van der Waals surface area contributed by atoms with Crippen LogP contribution in [-0.2, 0) is 6.42 Å². The average Bonchev–Trinajstić information content (AvgIpc) is 3.21. The zero-order valence-electron chi connectivity index (χ0n) is 17.5. The quantitative estimate of drug-likeness (QED) is 0.263. The van der Waals surface area contributed by atoms with E-state index in [9.17, 15) is 5.11 Å². The van der Waals surface area contributed by atoms with Gasteiger partial charge in [-0.25, -0.2) is 0 Å². The summed E-state index contributed by atoms with van der Waals surface area (Å²) in [5.74, 6) is 0.295. The molecule has 2 heterocycles. The van der Waals surface area contributed by atoms with Crippen molar-refractivity contribution < 1.29 is 5.11 Å². The number of aromatic amines is 1. The van der Waals surface area contributed by atoms with Crippen molar-refractivity contribution in [2.24, 2.45) is 0 Å². The van der Waals surface area contributed by atoms with E-state index >= 15 is 0 Å². The minimum Gasteiger partial charge on any atom is -0.508 e. The van der Waals surface area contributed by atoms with Crippen LogP contribution in [0.4, 0.5) is 17.1 Å². The summed E-state index contributed by atoms with van der Waals surface area (Å²) in [6, 6.07) is 26.7. The predicted molar refractivity (Wildman–Crippen MR) is 135 cm³/mol. The first kappa shape index (κ1) is 18.7. The van der Waals surface area contributed by atoms with E-state index in [1.165, 1.54) is 21.8 Å². The van der Waals surface area contributed by atoms with Crippen molar-refractivity contribution in [1.82, 2.24) is 4.98 Å². The molecule has 1 aromatic heterocycles. The van der Waals surface area contributed by atoms with Crippen molar-refractivity contribution in [3.63, 3.8) is 0 Å². The largest absolute Gasteiger partial charge is 0.508 e. The maximum absolute atomic E-state index is 9.80. The van der Waals surface area contributed by atoms with E-state index in [1.54, 1.807) is 6.07 Å². The molecule has 32 heavy (non-hydrogen) atoms. The number of hydrogen-bond acceptors (Lipinski definition) is 4. The molecule has 0 bridgehead atoms. The number of H-pyrrole nitrogens is 1. The summed E-state index contributed by atoms with van der Waals surface area (Å²) in [4.78, 5) is 3.28. The first-order valence-corrected chi connectivity index (χ1v) is 10.9. The Morgan fingerprint density at radius 1 is 0.844 bits per heavy atom. The van der Waals surface area contributed by atoms with Crippen molar-refractivity contribution in [2.75, 3.05) is 22.3 Å². The van der Waals surface area contributed by atoms with E-state index in [-0.39, 0.29) is 6.98 Å². The monoisotopic (exact) mass is 418 g/mol. The zero-order chi connectivity index (χ0) is 21.5. The molecule has 0 amide bonds. The molecule has 0 radical (unpaired) electrons. The molecule has 5 nitrogen and oxygen atoms in total. The molecule has 6 rings (SSSR count). The molecule has 1 aliphatic heterocycles. The van der Waals surface area contributed by atoms with Gasteiger partial charge in [-0.05, 0) is 65.3 Å². The minimum absolute atomic E-state index is 0.00819. The molecule has 156 valence electrons. The minimum atomic E-state index is 0.00819. The van der Waals surface area contributed by atoms with Gasteiger partial charge in [0.1, 0.15) is 5.75 Å². The molecule has 0 aliphatic carbocycles. The van der Waals surface area contributed by atoms with Gasteiger partial charge in [0.15, 0.2) is 0 Å². The van der Waals surface area contributed by atoms with Crippen LogP contribution < -0.4 is 21.2 Å². The van der Waals surface area contributed by atoms with Crippen molar-refractivity contribution in [3.8, 4) is 5.75 Å². The van der Waals surface area contributed by atoms with Crippen molar-refractivity contribution in [3.05, 3.63) is 90.6 Å². The highest BCUT2D eigenvalue weighted by atomic mass is 16.3. The third-order valence-corrected chi connectivity index (χ3v) is 6.20. The van der Waals surface area contributed by atoms with Crippen molar-refractivity contribution in [2.45, 2.75) is 6.42 Å². The number of fused-ring (bicyclic) bond motifs is 1. The van der Waals surface area contributed by atoms with E-state index in [1.807, 2.05) is 18.3 Å². The molecule has 0 saturated heterocycles. The summed E-state index contributed by atoms with van der Waals surface area (Å²) in [6.45, 7) is 0.813. The number of rotatable bonds is 5. The van der Waals surface area contributed by atoms with Gasteiger partial charge in [-0.2, -0.15) is 0 Å². The molecule has 5 aromatic rings. The van der Waals surface area contributed by atoms with Crippen LogP contribution in [0, 0.1) is 0 Å². The lowest BCUT2D eigenvalue weighted by atomic mass is 9.66. The Bertz CT molecular complexity index is 1400. The van der Waals surface area contributed by atoms with Gasteiger partial charge in [0.05, 0.1) is 0 Å². The van der Waals surface area contributed by atoms with Gasteiger partial charge in [0, 0.05) is 46.1 Å². The van der Waals surface area contributed by atoms with Crippen molar-refractivity contribution >= 4 is 51.2 Å². The summed E-state index contributed by atoms with van der Waals surface area (Å²) in [5.41, 5.74) is 6.82. The highest BCUT2D eigenvalue weighted by Gasteiger charge is 2.25. The van der Waals surface area contributed by atoms with Gasteiger partial charge in [-0.15, -0.1) is 0 Å².